The Morgan fingerprint density at radius 2 is 1.51 bits per heavy atom. The molecule has 0 radical (unpaired) electrons. The number of carbonyl (C=O) groups is 4. The molecule has 5 fully saturated rings. The van der Waals surface area contributed by atoms with Gasteiger partial charge in [-0.1, -0.05) is 55.1 Å². The van der Waals surface area contributed by atoms with Gasteiger partial charge in [0, 0.05) is 94.2 Å². The zero-order chi connectivity index (χ0) is 55.8. The molecule has 1 unspecified atom stereocenters. The van der Waals surface area contributed by atoms with Crippen LogP contribution in [0, 0.1) is 23.4 Å². The first-order chi connectivity index (χ1) is 38.8. The van der Waals surface area contributed by atoms with Crippen molar-refractivity contribution in [3.63, 3.8) is 0 Å². The lowest BCUT2D eigenvalue weighted by molar-refractivity contribution is -0.139. The van der Waals surface area contributed by atoms with Crippen LogP contribution in [-0.4, -0.2) is 143 Å². The Kier molecular flexibility index (Phi) is 18.7. The van der Waals surface area contributed by atoms with E-state index in [1.165, 1.54) is 18.2 Å². The van der Waals surface area contributed by atoms with Crippen LogP contribution in [-0.2, 0) is 25.7 Å². The van der Waals surface area contributed by atoms with Gasteiger partial charge in [0.1, 0.15) is 41.3 Å². The smallest absolute Gasteiger partial charge is 0.254 e. The van der Waals surface area contributed by atoms with Crippen LogP contribution in [0.15, 0.2) is 79.3 Å². The van der Waals surface area contributed by atoms with Gasteiger partial charge in [-0.25, -0.2) is 23.1 Å². The number of aromatic amines is 1. The van der Waals surface area contributed by atoms with Crippen molar-refractivity contribution in [2.75, 3.05) is 70.3 Å². The summed E-state index contributed by atoms with van der Waals surface area (Å²) in [6, 6.07) is 16.4. The minimum absolute atomic E-state index is 0.000942. The van der Waals surface area contributed by atoms with Gasteiger partial charge in [0.2, 0.25) is 17.7 Å². The number of halogens is 4. The second-order valence-corrected chi connectivity index (χ2v) is 23.2. The highest BCUT2D eigenvalue weighted by Gasteiger charge is 2.41. The Bertz CT molecular complexity index is 2940. The van der Waals surface area contributed by atoms with Crippen molar-refractivity contribution >= 4 is 52.1 Å². The molecule has 10 rings (SSSR count). The second-order valence-electron chi connectivity index (χ2n) is 22.8. The average molecular weight is 1120 g/mol. The summed E-state index contributed by atoms with van der Waals surface area (Å²) in [6.45, 7) is 5.60. The molecule has 20 heteroatoms. The van der Waals surface area contributed by atoms with Gasteiger partial charge in [-0.2, -0.15) is 0 Å². The van der Waals surface area contributed by atoms with Gasteiger partial charge < -0.3 is 51.0 Å². The van der Waals surface area contributed by atoms with Crippen LogP contribution in [0.1, 0.15) is 129 Å². The lowest BCUT2D eigenvalue weighted by Gasteiger charge is -2.40. The summed E-state index contributed by atoms with van der Waals surface area (Å²) in [7, 11) is 0. The number of ether oxygens (including phenoxy) is 1. The molecule has 0 spiro atoms. The maximum atomic E-state index is 15.6. The van der Waals surface area contributed by atoms with E-state index in [0.29, 0.717) is 82.8 Å². The number of hydrogen-bond donors (Lipinski definition) is 5. The Hall–Kier alpha value is -6.12. The number of anilines is 1. The van der Waals surface area contributed by atoms with Gasteiger partial charge in [-0.15, -0.1) is 0 Å². The molecule has 4 saturated heterocycles. The van der Waals surface area contributed by atoms with Crippen molar-refractivity contribution in [3.05, 3.63) is 124 Å². The second kappa shape index (κ2) is 26.2. The lowest BCUT2D eigenvalue weighted by atomic mass is 9.83. The summed E-state index contributed by atoms with van der Waals surface area (Å²) in [5.41, 5.74) is 8.48. The SMILES string of the molecule is NC1(C(=O)N[C@@H](CCN2CCC(OC3CCN(C(=O)[C@H](NC(=O)c4cc(C5CCCN(C(=O)CNCc6ccc(F)cc6F)C5)ccc4F)C4CCCCC4)CC3)CC2)c2ccc(Cl)cc2)CCN(c2ncnc3[nH]ccc23)CC1. The van der Waals surface area contributed by atoms with Crippen molar-refractivity contribution in [2.45, 2.75) is 132 Å². The number of nitrogens with zero attached hydrogens (tertiary/aromatic N) is 6. The van der Waals surface area contributed by atoms with E-state index >= 15 is 4.39 Å². The quantitative estimate of drug-likeness (QED) is 0.0573. The molecule has 1 aliphatic carbocycles. The number of fused-ring (bicyclic) bond motifs is 1. The number of hydrogen-bond acceptors (Lipinski definition) is 11. The van der Waals surface area contributed by atoms with Gasteiger partial charge in [0.15, 0.2) is 0 Å². The summed E-state index contributed by atoms with van der Waals surface area (Å²) < 4.78 is 49.9. The molecular formula is C60H75ClF3N11O5. The van der Waals surface area contributed by atoms with Crippen LogP contribution in [0.25, 0.3) is 11.0 Å². The Morgan fingerprint density at radius 3 is 2.25 bits per heavy atom. The summed E-state index contributed by atoms with van der Waals surface area (Å²) in [4.78, 5) is 76.1. The highest BCUT2D eigenvalue weighted by molar-refractivity contribution is 6.30. The summed E-state index contributed by atoms with van der Waals surface area (Å²) in [6.07, 6.45) is 14.3. The van der Waals surface area contributed by atoms with Crippen molar-refractivity contribution in [3.8, 4) is 0 Å². The van der Waals surface area contributed by atoms with E-state index in [-0.39, 0.29) is 72.0 Å². The molecule has 80 heavy (non-hydrogen) atoms. The fourth-order valence-corrected chi connectivity index (χ4v) is 12.8. The molecule has 5 aliphatic rings. The van der Waals surface area contributed by atoms with E-state index in [0.717, 1.165) is 105 Å². The molecule has 4 amide bonds. The number of likely N-dealkylation sites (tertiary alicyclic amines) is 3. The predicted octanol–water partition coefficient (Wildman–Crippen LogP) is 7.92. The molecule has 16 nitrogen and oxygen atoms in total. The molecule has 4 aliphatic heterocycles. The highest BCUT2D eigenvalue weighted by atomic mass is 35.5. The van der Waals surface area contributed by atoms with Gasteiger partial charge in [0.25, 0.3) is 5.91 Å². The van der Waals surface area contributed by atoms with Gasteiger partial charge in [-0.05, 0) is 124 Å². The fourth-order valence-electron chi connectivity index (χ4n) is 12.6. The van der Waals surface area contributed by atoms with Crippen molar-refractivity contribution < 1.29 is 37.1 Å². The molecule has 6 heterocycles. The number of aromatic nitrogens is 3. The van der Waals surface area contributed by atoms with Gasteiger partial charge >= 0.3 is 0 Å². The molecule has 3 aromatic carbocycles. The molecule has 1 saturated carbocycles. The first-order valence-electron chi connectivity index (χ1n) is 28.8. The summed E-state index contributed by atoms with van der Waals surface area (Å²) >= 11 is 6.30. The van der Waals surface area contributed by atoms with Crippen LogP contribution in [0.2, 0.25) is 5.02 Å². The minimum atomic E-state index is -1.03. The third-order valence-electron chi connectivity index (χ3n) is 17.5. The molecule has 3 atom stereocenters. The Morgan fingerprint density at radius 1 is 0.775 bits per heavy atom. The standard InChI is InChI=1S/C60H75ClF3N11O5/c61-44-12-8-39(9-13-44)52(70-59(79)60(65)22-31-73(32-23-60)56-48-16-24-67-55(48)68-38-69-56)21-28-72-26-17-46(18-27-72)80-47-19-29-74(30-20-47)58(78)54(40-5-2-1-3-6-40)71-57(77)49-33-41(11-15-50(49)63)43-7-4-25-75(37-43)53(76)36-66-35-42-10-14-45(62)34-51(42)64/h8-16,24,33-34,38,40,43,46-47,52,54,66H,1-7,17-23,25-32,35-37,65H2,(H,70,79)(H,71,77)(H,67,68,69)/t43?,52-,54+/m0/s1. The van der Waals surface area contributed by atoms with Crippen LogP contribution < -0.4 is 26.6 Å². The van der Waals surface area contributed by atoms with Crippen molar-refractivity contribution in [1.82, 2.24) is 45.6 Å². The number of carbonyl (C=O) groups excluding carboxylic acids is 4. The number of amides is 4. The van der Waals surface area contributed by atoms with E-state index < -0.39 is 34.9 Å². The normalized spacial score (nSPS) is 20.6. The average Bonchev–Trinajstić information content (AvgIpc) is 3.98. The fraction of sp³-hybridized carbons (Fsp3) is 0.533. The largest absolute Gasteiger partial charge is 0.375 e. The third kappa shape index (κ3) is 14.0. The molecule has 428 valence electrons. The van der Waals surface area contributed by atoms with E-state index in [2.05, 4.69) is 40.7 Å². The van der Waals surface area contributed by atoms with Crippen molar-refractivity contribution in [1.29, 1.82) is 0 Å². The number of nitrogens with two attached hydrogens (primary N) is 1. The van der Waals surface area contributed by atoms with E-state index in [9.17, 15) is 28.0 Å². The van der Waals surface area contributed by atoms with Crippen LogP contribution >= 0.6 is 11.6 Å². The van der Waals surface area contributed by atoms with Gasteiger partial charge in [0.05, 0.1) is 41.3 Å². The highest BCUT2D eigenvalue weighted by Crippen LogP contribution is 2.33. The number of rotatable bonds is 18. The topological polar surface area (TPSA) is 194 Å². The molecule has 5 aromatic rings. The maximum absolute atomic E-state index is 15.6. The monoisotopic (exact) mass is 1120 g/mol. The van der Waals surface area contributed by atoms with Crippen LogP contribution in [0.5, 0.6) is 0 Å². The number of H-pyrrole nitrogens is 1. The Labute approximate surface area is 471 Å². The molecule has 0 bridgehead atoms. The number of nitrogens with one attached hydrogen (secondary N) is 4. The zero-order valence-electron chi connectivity index (χ0n) is 45.5. The number of piperidine rings is 4. The maximum Gasteiger partial charge on any atom is 0.254 e. The summed E-state index contributed by atoms with van der Waals surface area (Å²) in [5.74, 6) is -2.50. The molecule has 6 N–H and O–H groups in total. The van der Waals surface area contributed by atoms with Crippen LogP contribution in [0.3, 0.4) is 0 Å². The van der Waals surface area contributed by atoms with Crippen LogP contribution in [0.4, 0.5) is 19.0 Å². The Balaban J connectivity index is 0.684. The predicted molar refractivity (Wildman–Crippen MR) is 300 cm³/mol. The molecular weight excluding hydrogens is 1050 g/mol. The lowest BCUT2D eigenvalue weighted by Crippen LogP contribution is -2.60. The first kappa shape index (κ1) is 57.1. The van der Waals surface area contributed by atoms with E-state index in [4.69, 9.17) is 22.1 Å². The van der Waals surface area contributed by atoms with Crippen molar-refractivity contribution in [2.24, 2.45) is 11.7 Å². The number of benzene rings is 3. The first-order valence-corrected chi connectivity index (χ1v) is 29.2. The van der Waals surface area contributed by atoms with E-state index in [1.807, 2.05) is 41.4 Å². The minimum Gasteiger partial charge on any atom is -0.375 e. The van der Waals surface area contributed by atoms with E-state index in [1.54, 1.807) is 23.4 Å². The third-order valence-corrected chi connectivity index (χ3v) is 17.7. The van der Waals surface area contributed by atoms with Gasteiger partial charge in [-0.3, -0.25) is 19.2 Å². The zero-order valence-corrected chi connectivity index (χ0v) is 46.2. The molecule has 2 aromatic heterocycles. The summed E-state index contributed by atoms with van der Waals surface area (Å²) in [5, 5.41) is 10.9.